The zero-order valence-electron chi connectivity index (χ0n) is 13.1. The van der Waals surface area contributed by atoms with Gasteiger partial charge in [-0.05, 0) is 51.9 Å². The molecule has 0 unspecified atom stereocenters. The van der Waals surface area contributed by atoms with Gasteiger partial charge in [-0.2, -0.15) is 5.26 Å². The molecule has 0 spiro atoms. The highest BCUT2D eigenvalue weighted by molar-refractivity contribution is 8.04. The minimum absolute atomic E-state index is 0.256. The Morgan fingerprint density at radius 3 is 2.55 bits per heavy atom. The molecular formula is C14H18N2O4S2. The number of rotatable bonds is 4. The van der Waals surface area contributed by atoms with Crippen LogP contribution in [0.2, 0.25) is 0 Å². The molecular weight excluding hydrogens is 324 g/mol. The summed E-state index contributed by atoms with van der Waals surface area (Å²) in [5.74, 6) is -0.470. The second-order valence-corrected chi connectivity index (χ2v) is 7.07. The molecule has 1 aromatic heterocycles. The number of carbonyl (C=O) groups excluding carboxylic acids is 2. The smallest absolute Gasteiger partial charge is 0.412 e. The zero-order chi connectivity index (χ0) is 16.9. The lowest BCUT2D eigenvalue weighted by molar-refractivity contribution is 0.0530. The van der Waals surface area contributed by atoms with Crippen molar-refractivity contribution < 1.29 is 19.1 Å². The van der Waals surface area contributed by atoms with Gasteiger partial charge >= 0.3 is 12.1 Å². The first kappa shape index (κ1) is 18.3. The first-order chi connectivity index (χ1) is 10.2. The fourth-order valence-electron chi connectivity index (χ4n) is 1.54. The van der Waals surface area contributed by atoms with Gasteiger partial charge in [0, 0.05) is 0 Å². The normalized spacial score (nSPS) is 10.7. The predicted octanol–water partition coefficient (Wildman–Crippen LogP) is 4.15. The SMILES string of the molecule is CCOC(=O)c1sc(NC(=O)OC(C)(C)C)c(SC#N)c1C. The zero-order valence-corrected chi connectivity index (χ0v) is 14.7. The summed E-state index contributed by atoms with van der Waals surface area (Å²) < 4.78 is 10.2. The lowest BCUT2D eigenvalue weighted by atomic mass is 10.2. The van der Waals surface area contributed by atoms with Crippen molar-refractivity contribution in [1.29, 1.82) is 5.26 Å². The Morgan fingerprint density at radius 1 is 1.41 bits per heavy atom. The topological polar surface area (TPSA) is 88.4 Å². The van der Waals surface area contributed by atoms with E-state index in [2.05, 4.69) is 5.32 Å². The predicted molar refractivity (Wildman–Crippen MR) is 86.3 cm³/mol. The van der Waals surface area contributed by atoms with Gasteiger partial charge < -0.3 is 9.47 Å². The maximum atomic E-state index is 11.9. The van der Waals surface area contributed by atoms with Gasteiger partial charge in [-0.1, -0.05) is 0 Å². The van der Waals surface area contributed by atoms with Gasteiger partial charge in [0.25, 0.3) is 0 Å². The quantitative estimate of drug-likeness (QED) is 0.502. The van der Waals surface area contributed by atoms with Gasteiger partial charge in [0.15, 0.2) is 0 Å². The molecule has 0 saturated heterocycles. The molecule has 0 aromatic carbocycles. The fraction of sp³-hybridized carbons (Fsp3) is 0.500. The minimum Gasteiger partial charge on any atom is -0.462 e. The van der Waals surface area contributed by atoms with Gasteiger partial charge in [-0.25, -0.2) is 9.59 Å². The summed E-state index contributed by atoms with van der Waals surface area (Å²) in [6, 6.07) is 0. The summed E-state index contributed by atoms with van der Waals surface area (Å²) in [5, 5.41) is 13.8. The molecule has 6 nitrogen and oxygen atoms in total. The number of esters is 1. The largest absolute Gasteiger partial charge is 0.462 e. The van der Waals surface area contributed by atoms with Crippen LogP contribution in [0, 0.1) is 17.6 Å². The standard InChI is InChI=1S/C14H18N2O4S2/c1-6-19-12(17)10-8(2)9(21-7-15)11(22-10)16-13(18)20-14(3,4)5/h6H2,1-5H3,(H,16,18). The number of nitrogens with one attached hydrogen (secondary N) is 1. The summed E-state index contributed by atoms with van der Waals surface area (Å²) in [6.45, 7) is 8.93. The average molecular weight is 342 g/mol. The van der Waals surface area contributed by atoms with E-state index < -0.39 is 17.7 Å². The van der Waals surface area contributed by atoms with Gasteiger partial charge in [0.2, 0.25) is 0 Å². The summed E-state index contributed by atoms with van der Waals surface area (Å²) in [6.07, 6.45) is -0.635. The number of anilines is 1. The molecule has 0 saturated carbocycles. The minimum atomic E-state index is -0.636. The molecule has 1 N–H and O–H groups in total. The third kappa shape index (κ3) is 4.93. The maximum Gasteiger partial charge on any atom is 0.412 e. The van der Waals surface area contributed by atoms with E-state index >= 15 is 0 Å². The van der Waals surface area contributed by atoms with Crippen LogP contribution in [0.5, 0.6) is 0 Å². The van der Waals surface area contributed by atoms with E-state index in [1.165, 1.54) is 0 Å². The van der Waals surface area contributed by atoms with Gasteiger partial charge in [0.1, 0.15) is 20.9 Å². The van der Waals surface area contributed by atoms with E-state index in [-0.39, 0.29) is 6.61 Å². The van der Waals surface area contributed by atoms with Crippen molar-refractivity contribution in [2.75, 3.05) is 11.9 Å². The highest BCUT2D eigenvalue weighted by Crippen LogP contribution is 2.40. The van der Waals surface area contributed by atoms with E-state index in [0.717, 1.165) is 23.1 Å². The highest BCUT2D eigenvalue weighted by Gasteiger charge is 2.24. The Kier molecular flexibility index (Phi) is 6.26. The highest BCUT2D eigenvalue weighted by atomic mass is 32.2. The van der Waals surface area contributed by atoms with Crippen LogP contribution in [0.1, 0.15) is 42.9 Å². The lowest BCUT2D eigenvalue weighted by Crippen LogP contribution is -2.27. The number of thiocyanates is 1. The van der Waals surface area contributed by atoms with Crippen molar-refractivity contribution in [3.63, 3.8) is 0 Å². The Morgan fingerprint density at radius 2 is 2.05 bits per heavy atom. The first-order valence-corrected chi connectivity index (χ1v) is 8.19. The van der Waals surface area contributed by atoms with Crippen molar-refractivity contribution in [2.24, 2.45) is 0 Å². The summed E-state index contributed by atoms with van der Waals surface area (Å²) in [4.78, 5) is 24.7. The van der Waals surface area contributed by atoms with Crippen LogP contribution in [0.15, 0.2) is 4.90 Å². The van der Waals surface area contributed by atoms with E-state index in [1.807, 2.05) is 5.40 Å². The molecule has 0 bridgehead atoms. The lowest BCUT2D eigenvalue weighted by Gasteiger charge is -2.19. The molecule has 0 aliphatic rings. The number of hydrogen-bond acceptors (Lipinski definition) is 7. The molecule has 0 aliphatic heterocycles. The molecule has 8 heteroatoms. The number of nitriles is 1. The van der Waals surface area contributed by atoms with Crippen LogP contribution in [0.4, 0.5) is 9.80 Å². The molecule has 0 aliphatic carbocycles. The fourth-order valence-corrected chi connectivity index (χ4v) is 3.32. The summed E-state index contributed by atoms with van der Waals surface area (Å²) >= 11 is 1.95. The van der Waals surface area contributed by atoms with Crippen LogP contribution in [0.3, 0.4) is 0 Å². The van der Waals surface area contributed by atoms with Gasteiger partial charge in [-0.3, -0.25) is 5.32 Å². The van der Waals surface area contributed by atoms with Crippen LogP contribution in [0.25, 0.3) is 0 Å². The first-order valence-electron chi connectivity index (χ1n) is 6.56. The summed E-state index contributed by atoms with van der Waals surface area (Å²) in [5.41, 5.74) is -0.0239. The van der Waals surface area contributed by atoms with Crippen LogP contribution >= 0.6 is 23.1 Å². The third-order valence-electron chi connectivity index (χ3n) is 2.31. The molecule has 120 valence electrons. The van der Waals surface area contributed by atoms with Crippen molar-refractivity contribution in [3.8, 4) is 5.40 Å². The number of thioether (sulfide) groups is 1. The number of carbonyl (C=O) groups is 2. The third-order valence-corrected chi connectivity index (χ3v) is 4.44. The van der Waals surface area contributed by atoms with E-state index in [0.29, 0.717) is 20.3 Å². The van der Waals surface area contributed by atoms with Crippen molar-refractivity contribution in [3.05, 3.63) is 10.4 Å². The van der Waals surface area contributed by atoms with Gasteiger partial charge in [-0.15, -0.1) is 11.3 Å². The van der Waals surface area contributed by atoms with Crippen LogP contribution in [-0.2, 0) is 9.47 Å². The second kappa shape index (κ2) is 7.51. The number of ether oxygens (including phenoxy) is 2. The van der Waals surface area contributed by atoms with Crippen molar-refractivity contribution in [1.82, 2.24) is 0 Å². The van der Waals surface area contributed by atoms with Crippen molar-refractivity contribution >= 4 is 40.2 Å². The van der Waals surface area contributed by atoms with E-state index in [9.17, 15) is 9.59 Å². The molecule has 0 atom stereocenters. The Balaban J connectivity index is 3.08. The summed E-state index contributed by atoms with van der Waals surface area (Å²) in [7, 11) is 0. The van der Waals surface area contributed by atoms with Crippen LogP contribution in [-0.4, -0.2) is 24.3 Å². The molecule has 0 radical (unpaired) electrons. The molecule has 1 amide bonds. The van der Waals surface area contributed by atoms with Crippen LogP contribution < -0.4 is 5.32 Å². The molecule has 1 heterocycles. The van der Waals surface area contributed by atoms with Gasteiger partial charge in [0.05, 0.1) is 11.5 Å². The Labute approximate surface area is 137 Å². The second-order valence-electron chi connectivity index (χ2n) is 5.26. The van der Waals surface area contributed by atoms with E-state index in [4.69, 9.17) is 14.7 Å². The average Bonchev–Trinajstić information content (AvgIpc) is 2.66. The number of nitrogens with zero attached hydrogens (tertiary/aromatic N) is 1. The maximum absolute atomic E-state index is 11.9. The Bertz CT molecular complexity index is 612. The number of hydrogen-bond donors (Lipinski definition) is 1. The molecule has 22 heavy (non-hydrogen) atoms. The monoisotopic (exact) mass is 342 g/mol. The van der Waals surface area contributed by atoms with E-state index in [1.54, 1.807) is 34.6 Å². The number of amides is 1. The van der Waals surface area contributed by atoms with Crippen molar-refractivity contribution in [2.45, 2.75) is 45.1 Å². The molecule has 1 rings (SSSR count). The number of thiophene rings is 1. The molecule has 1 aromatic rings. The molecule has 0 fully saturated rings. The Hall–Kier alpha value is -1.72.